The second-order valence-electron chi connectivity index (χ2n) is 6.20. The van der Waals surface area contributed by atoms with Crippen LogP contribution in [0.3, 0.4) is 0 Å². The molecule has 2 rings (SSSR count). The maximum Gasteiger partial charge on any atom is 0.352 e. The standard InChI is InChI=1S/C17H21NO5S/c1-11(2)16(19)13-8-15(17(20)21)18(10-13)9-12-4-6-14(7-5-12)24(3,22)23/h4-8,10-11,16,19H,9H2,1-3H3,(H,20,21). The van der Waals surface area contributed by atoms with Crippen LogP contribution in [0.4, 0.5) is 0 Å². The molecule has 1 heterocycles. The summed E-state index contributed by atoms with van der Waals surface area (Å²) < 4.78 is 24.5. The van der Waals surface area contributed by atoms with Gasteiger partial charge in [-0.05, 0) is 35.2 Å². The molecule has 0 saturated carbocycles. The molecule has 0 aliphatic heterocycles. The van der Waals surface area contributed by atoms with Crippen molar-refractivity contribution in [2.24, 2.45) is 5.92 Å². The van der Waals surface area contributed by atoms with Crippen molar-refractivity contribution in [2.75, 3.05) is 6.26 Å². The van der Waals surface area contributed by atoms with Crippen LogP contribution in [0.15, 0.2) is 41.4 Å². The summed E-state index contributed by atoms with van der Waals surface area (Å²) in [5.41, 5.74) is 1.40. The number of nitrogens with zero attached hydrogens (tertiary/aromatic N) is 1. The van der Waals surface area contributed by atoms with E-state index >= 15 is 0 Å². The van der Waals surface area contributed by atoms with E-state index in [0.29, 0.717) is 5.56 Å². The number of aliphatic hydroxyl groups is 1. The summed E-state index contributed by atoms with van der Waals surface area (Å²) >= 11 is 0. The van der Waals surface area contributed by atoms with E-state index < -0.39 is 21.9 Å². The van der Waals surface area contributed by atoms with E-state index in [1.807, 2.05) is 13.8 Å². The Morgan fingerprint density at radius 1 is 1.21 bits per heavy atom. The fourth-order valence-electron chi connectivity index (χ4n) is 2.43. The molecule has 2 aromatic rings. The highest BCUT2D eigenvalue weighted by molar-refractivity contribution is 7.90. The average Bonchev–Trinajstić information content (AvgIpc) is 2.90. The number of hydrogen-bond acceptors (Lipinski definition) is 4. The Kier molecular flexibility index (Phi) is 5.15. The molecular weight excluding hydrogens is 330 g/mol. The van der Waals surface area contributed by atoms with Crippen LogP contribution in [0.2, 0.25) is 0 Å². The number of benzene rings is 1. The van der Waals surface area contributed by atoms with Crippen molar-refractivity contribution in [3.63, 3.8) is 0 Å². The Morgan fingerprint density at radius 2 is 1.79 bits per heavy atom. The molecular formula is C17H21NO5S. The number of carboxylic acids is 1. The molecule has 1 aromatic heterocycles. The van der Waals surface area contributed by atoms with Gasteiger partial charge in [0.25, 0.3) is 0 Å². The zero-order valence-electron chi connectivity index (χ0n) is 13.8. The van der Waals surface area contributed by atoms with Crippen molar-refractivity contribution in [2.45, 2.75) is 31.4 Å². The van der Waals surface area contributed by atoms with Gasteiger partial charge in [0.05, 0.1) is 11.0 Å². The van der Waals surface area contributed by atoms with Gasteiger partial charge in [0.15, 0.2) is 9.84 Å². The predicted molar refractivity (Wildman–Crippen MR) is 89.8 cm³/mol. The smallest absolute Gasteiger partial charge is 0.352 e. The Bertz CT molecular complexity index is 834. The highest BCUT2D eigenvalue weighted by atomic mass is 32.2. The van der Waals surface area contributed by atoms with Crippen LogP contribution >= 0.6 is 0 Å². The Hall–Kier alpha value is -2.12. The first-order valence-electron chi connectivity index (χ1n) is 7.50. The number of aromatic nitrogens is 1. The minimum absolute atomic E-state index is 0.0310. The number of carbonyl (C=O) groups is 1. The van der Waals surface area contributed by atoms with Crippen molar-refractivity contribution in [1.29, 1.82) is 0 Å². The molecule has 0 aliphatic carbocycles. The van der Waals surface area contributed by atoms with E-state index in [4.69, 9.17) is 0 Å². The van der Waals surface area contributed by atoms with Crippen LogP contribution in [-0.2, 0) is 16.4 Å². The molecule has 6 nitrogen and oxygen atoms in total. The normalized spacial score (nSPS) is 13.2. The second-order valence-corrected chi connectivity index (χ2v) is 8.21. The van der Waals surface area contributed by atoms with Gasteiger partial charge in [0, 0.05) is 19.0 Å². The molecule has 0 saturated heterocycles. The summed E-state index contributed by atoms with van der Waals surface area (Å²) in [5, 5.41) is 19.5. The lowest BCUT2D eigenvalue weighted by Gasteiger charge is -2.12. The van der Waals surface area contributed by atoms with Gasteiger partial charge in [0.1, 0.15) is 5.69 Å². The zero-order valence-corrected chi connectivity index (χ0v) is 14.6. The molecule has 0 radical (unpaired) electrons. The molecule has 130 valence electrons. The summed E-state index contributed by atoms with van der Waals surface area (Å²) in [4.78, 5) is 11.6. The molecule has 1 unspecified atom stereocenters. The SMILES string of the molecule is CC(C)C(O)c1cc(C(=O)O)n(Cc2ccc(S(C)(=O)=O)cc2)c1. The van der Waals surface area contributed by atoms with Crippen molar-refractivity contribution in [1.82, 2.24) is 4.57 Å². The van der Waals surface area contributed by atoms with Gasteiger partial charge in [-0.3, -0.25) is 0 Å². The Labute approximate surface area is 141 Å². The molecule has 0 fully saturated rings. The van der Waals surface area contributed by atoms with Gasteiger partial charge < -0.3 is 14.8 Å². The van der Waals surface area contributed by atoms with Gasteiger partial charge in [0.2, 0.25) is 0 Å². The first-order valence-corrected chi connectivity index (χ1v) is 9.39. The first-order chi connectivity index (χ1) is 11.1. The van der Waals surface area contributed by atoms with Gasteiger partial charge in [-0.1, -0.05) is 26.0 Å². The van der Waals surface area contributed by atoms with Crippen LogP contribution in [0.25, 0.3) is 0 Å². The summed E-state index contributed by atoms with van der Waals surface area (Å²) in [6, 6.07) is 7.77. The lowest BCUT2D eigenvalue weighted by molar-refractivity contribution is 0.0685. The summed E-state index contributed by atoms with van der Waals surface area (Å²) in [7, 11) is -3.26. The summed E-state index contributed by atoms with van der Waals surface area (Å²) in [6.07, 6.45) is 2.02. The van der Waals surface area contributed by atoms with Crippen LogP contribution in [0.5, 0.6) is 0 Å². The van der Waals surface area contributed by atoms with Crippen LogP contribution in [-0.4, -0.2) is 35.4 Å². The fraction of sp³-hybridized carbons (Fsp3) is 0.353. The highest BCUT2D eigenvalue weighted by Crippen LogP contribution is 2.24. The monoisotopic (exact) mass is 351 g/mol. The summed E-state index contributed by atoms with van der Waals surface area (Å²) in [6.45, 7) is 3.98. The highest BCUT2D eigenvalue weighted by Gasteiger charge is 2.19. The Morgan fingerprint density at radius 3 is 2.25 bits per heavy atom. The number of aromatic carboxylic acids is 1. The van der Waals surface area contributed by atoms with Crippen molar-refractivity contribution < 1.29 is 23.4 Å². The van der Waals surface area contributed by atoms with Crippen LogP contribution in [0, 0.1) is 5.92 Å². The van der Waals surface area contributed by atoms with Gasteiger partial charge in [-0.15, -0.1) is 0 Å². The van der Waals surface area contributed by atoms with Gasteiger partial charge in [-0.25, -0.2) is 13.2 Å². The zero-order chi connectivity index (χ0) is 18.1. The molecule has 0 amide bonds. The number of rotatable bonds is 6. The van der Waals surface area contributed by atoms with E-state index in [9.17, 15) is 23.4 Å². The lowest BCUT2D eigenvalue weighted by atomic mass is 10.0. The van der Waals surface area contributed by atoms with Crippen LogP contribution in [0.1, 0.15) is 41.6 Å². The van der Waals surface area contributed by atoms with Gasteiger partial charge >= 0.3 is 5.97 Å². The predicted octanol–water partition coefficient (Wildman–Crippen LogP) is 2.33. The molecule has 0 bridgehead atoms. The third kappa shape index (κ3) is 4.04. The number of aliphatic hydroxyl groups excluding tert-OH is 1. The van der Waals surface area contributed by atoms with Crippen LogP contribution < -0.4 is 0 Å². The van der Waals surface area contributed by atoms with Crippen molar-refractivity contribution in [3.8, 4) is 0 Å². The third-order valence-electron chi connectivity index (χ3n) is 3.81. The largest absolute Gasteiger partial charge is 0.477 e. The number of hydrogen-bond donors (Lipinski definition) is 2. The molecule has 1 aromatic carbocycles. The topological polar surface area (TPSA) is 96.6 Å². The van der Waals surface area contributed by atoms with E-state index in [-0.39, 0.29) is 23.1 Å². The maximum absolute atomic E-state index is 11.5. The summed E-state index contributed by atoms with van der Waals surface area (Å²) in [5.74, 6) is -1.11. The van der Waals surface area contributed by atoms with E-state index in [2.05, 4.69) is 0 Å². The third-order valence-corrected chi connectivity index (χ3v) is 4.94. The maximum atomic E-state index is 11.5. The van der Waals surface area contributed by atoms with Crippen molar-refractivity contribution >= 4 is 15.8 Å². The van der Waals surface area contributed by atoms with E-state index in [1.54, 1.807) is 22.9 Å². The minimum atomic E-state index is -3.26. The fourth-order valence-corrected chi connectivity index (χ4v) is 3.06. The number of sulfone groups is 1. The molecule has 2 N–H and O–H groups in total. The second kappa shape index (κ2) is 6.78. The minimum Gasteiger partial charge on any atom is -0.477 e. The first kappa shape index (κ1) is 18.2. The Balaban J connectivity index is 2.33. The van der Waals surface area contributed by atoms with Gasteiger partial charge in [-0.2, -0.15) is 0 Å². The average molecular weight is 351 g/mol. The lowest BCUT2D eigenvalue weighted by Crippen LogP contribution is -2.08. The quantitative estimate of drug-likeness (QED) is 0.832. The van der Waals surface area contributed by atoms with E-state index in [1.165, 1.54) is 18.2 Å². The molecule has 7 heteroatoms. The molecule has 0 spiro atoms. The number of carboxylic acid groups (broad SMARTS) is 1. The molecule has 1 atom stereocenters. The molecule has 0 aliphatic rings. The van der Waals surface area contributed by atoms with Crippen molar-refractivity contribution in [3.05, 3.63) is 53.3 Å². The molecule has 24 heavy (non-hydrogen) atoms. The van der Waals surface area contributed by atoms with E-state index in [0.717, 1.165) is 11.8 Å².